The lowest BCUT2D eigenvalue weighted by Gasteiger charge is -2.14. The standard InChI is InChI=1S/C19H18N6/c1-13(2)16-8-3-4-9-17(16)23-18-12-21-25-19(24-18)22-15-7-5-6-14(10-15)11-20/h3-10,12-13H,1-2H3,(H2,22,23,24,25). The predicted octanol–water partition coefficient (Wildman–Crippen LogP) is 4.35. The highest BCUT2D eigenvalue weighted by atomic mass is 15.3. The number of aromatic nitrogens is 3. The van der Waals surface area contributed by atoms with Crippen LogP contribution in [0.25, 0.3) is 0 Å². The van der Waals surface area contributed by atoms with Crippen molar-refractivity contribution in [2.24, 2.45) is 0 Å². The maximum atomic E-state index is 8.98. The van der Waals surface area contributed by atoms with Gasteiger partial charge in [-0.3, -0.25) is 0 Å². The van der Waals surface area contributed by atoms with Crippen molar-refractivity contribution in [3.05, 3.63) is 65.9 Å². The van der Waals surface area contributed by atoms with Crippen LogP contribution in [-0.4, -0.2) is 15.2 Å². The van der Waals surface area contributed by atoms with Gasteiger partial charge in [-0.1, -0.05) is 38.1 Å². The van der Waals surface area contributed by atoms with E-state index in [4.69, 9.17) is 5.26 Å². The monoisotopic (exact) mass is 330 g/mol. The number of nitriles is 1. The largest absolute Gasteiger partial charge is 0.339 e. The molecule has 0 aliphatic carbocycles. The molecule has 0 aliphatic rings. The third kappa shape index (κ3) is 4.09. The Bertz CT molecular complexity index is 914. The number of benzene rings is 2. The SMILES string of the molecule is CC(C)c1ccccc1Nc1cnnc(Nc2cccc(C#N)c2)n1. The first-order valence-electron chi connectivity index (χ1n) is 7.98. The average molecular weight is 330 g/mol. The van der Waals surface area contributed by atoms with Crippen molar-refractivity contribution in [1.29, 1.82) is 5.26 Å². The van der Waals surface area contributed by atoms with Gasteiger partial charge >= 0.3 is 0 Å². The van der Waals surface area contributed by atoms with E-state index in [1.807, 2.05) is 24.3 Å². The van der Waals surface area contributed by atoms with Crippen molar-refractivity contribution in [1.82, 2.24) is 15.2 Å². The molecule has 6 heteroatoms. The number of anilines is 4. The van der Waals surface area contributed by atoms with Crippen LogP contribution in [0.1, 0.15) is 30.9 Å². The number of rotatable bonds is 5. The topological polar surface area (TPSA) is 86.5 Å². The third-order valence-electron chi connectivity index (χ3n) is 3.65. The van der Waals surface area contributed by atoms with E-state index in [9.17, 15) is 0 Å². The van der Waals surface area contributed by atoms with E-state index >= 15 is 0 Å². The van der Waals surface area contributed by atoms with Gasteiger partial charge in [-0.05, 0) is 35.7 Å². The van der Waals surface area contributed by atoms with Gasteiger partial charge in [0.15, 0.2) is 5.82 Å². The van der Waals surface area contributed by atoms with Crippen LogP contribution in [0.2, 0.25) is 0 Å². The molecule has 3 aromatic rings. The molecule has 0 bridgehead atoms. The molecule has 3 rings (SSSR count). The minimum atomic E-state index is 0.363. The Morgan fingerprint density at radius 1 is 1.04 bits per heavy atom. The molecule has 6 nitrogen and oxygen atoms in total. The zero-order valence-corrected chi connectivity index (χ0v) is 14.1. The maximum Gasteiger partial charge on any atom is 0.249 e. The van der Waals surface area contributed by atoms with Crippen LogP contribution < -0.4 is 10.6 Å². The molecule has 2 aromatic carbocycles. The smallest absolute Gasteiger partial charge is 0.249 e. The van der Waals surface area contributed by atoms with Crippen LogP contribution in [0.5, 0.6) is 0 Å². The van der Waals surface area contributed by atoms with E-state index in [1.165, 1.54) is 5.56 Å². The first-order valence-corrected chi connectivity index (χ1v) is 7.98. The van der Waals surface area contributed by atoms with E-state index in [1.54, 1.807) is 24.4 Å². The first-order chi connectivity index (χ1) is 12.2. The number of nitrogens with zero attached hydrogens (tertiary/aromatic N) is 4. The van der Waals surface area contributed by atoms with Crippen LogP contribution >= 0.6 is 0 Å². The van der Waals surface area contributed by atoms with Crippen molar-refractivity contribution in [2.75, 3.05) is 10.6 Å². The minimum absolute atomic E-state index is 0.363. The van der Waals surface area contributed by atoms with Crippen molar-refractivity contribution in [2.45, 2.75) is 19.8 Å². The van der Waals surface area contributed by atoms with Gasteiger partial charge < -0.3 is 10.6 Å². The molecule has 1 aromatic heterocycles. The van der Waals surface area contributed by atoms with E-state index in [0.29, 0.717) is 23.2 Å². The quantitative estimate of drug-likeness (QED) is 0.723. The second-order valence-corrected chi connectivity index (χ2v) is 5.85. The van der Waals surface area contributed by atoms with Crippen LogP contribution in [0.3, 0.4) is 0 Å². The van der Waals surface area contributed by atoms with Gasteiger partial charge in [0.1, 0.15) is 0 Å². The lowest BCUT2D eigenvalue weighted by molar-refractivity contribution is 0.868. The molecule has 0 unspecified atom stereocenters. The summed E-state index contributed by atoms with van der Waals surface area (Å²) in [7, 11) is 0. The first kappa shape index (κ1) is 16.4. The Morgan fingerprint density at radius 3 is 2.68 bits per heavy atom. The van der Waals surface area contributed by atoms with Gasteiger partial charge in [-0.2, -0.15) is 15.3 Å². The zero-order chi connectivity index (χ0) is 17.6. The molecule has 0 spiro atoms. The van der Waals surface area contributed by atoms with E-state index in [0.717, 1.165) is 11.4 Å². The Kier molecular flexibility index (Phi) is 4.86. The van der Waals surface area contributed by atoms with E-state index in [2.05, 4.69) is 51.8 Å². The Morgan fingerprint density at radius 2 is 1.88 bits per heavy atom. The molecule has 25 heavy (non-hydrogen) atoms. The van der Waals surface area contributed by atoms with Crippen molar-refractivity contribution in [3.8, 4) is 6.07 Å². The molecule has 0 radical (unpaired) electrons. The van der Waals surface area contributed by atoms with Gasteiger partial charge in [0.25, 0.3) is 0 Å². The summed E-state index contributed by atoms with van der Waals surface area (Å²) in [6, 6.07) is 17.3. The number of nitrogens with one attached hydrogen (secondary N) is 2. The Hall–Kier alpha value is -3.46. The zero-order valence-electron chi connectivity index (χ0n) is 14.1. The number of para-hydroxylation sites is 1. The number of hydrogen-bond donors (Lipinski definition) is 2. The highest BCUT2D eigenvalue weighted by molar-refractivity contribution is 5.62. The summed E-state index contributed by atoms with van der Waals surface area (Å²) in [5, 5.41) is 23.3. The molecular formula is C19H18N6. The molecular weight excluding hydrogens is 312 g/mol. The highest BCUT2D eigenvalue weighted by Crippen LogP contribution is 2.26. The lowest BCUT2D eigenvalue weighted by Crippen LogP contribution is -2.04. The van der Waals surface area contributed by atoms with Crippen LogP contribution in [0.4, 0.5) is 23.1 Å². The second kappa shape index (κ2) is 7.41. The van der Waals surface area contributed by atoms with Crippen LogP contribution in [0.15, 0.2) is 54.7 Å². The van der Waals surface area contributed by atoms with Gasteiger partial charge in [0, 0.05) is 11.4 Å². The molecule has 2 N–H and O–H groups in total. The molecule has 0 saturated heterocycles. The van der Waals surface area contributed by atoms with Crippen LogP contribution in [-0.2, 0) is 0 Å². The van der Waals surface area contributed by atoms with Crippen LogP contribution in [0, 0.1) is 11.3 Å². The average Bonchev–Trinajstić information content (AvgIpc) is 2.62. The molecule has 1 heterocycles. The van der Waals surface area contributed by atoms with Crippen molar-refractivity contribution >= 4 is 23.1 Å². The maximum absolute atomic E-state index is 8.98. The summed E-state index contributed by atoms with van der Waals surface area (Å²) in [6.45, 7) is 4.29. The van der Waals surface area contributed by atoms with Gasteiger partial charge in [0.2, 0.25) is 5.95 Å². The van der Waals surface area contributed by atoms with Crippen molar-refractivity contribution < 1.29 is 0 Å². The fraction of sp³-hybridized carbons (Fsp3) is 0.158. The Labute approximate surface area is 146 Å². The summed E-state index contributed by atoms with van der Waals surface area (Å²) in [6.07, 6.45) is 1.58. The highest BCUT2D eigenvalue weighted by Gasteiger charge is 2.08. The van der Waals surface area contributed by atoms with Gasteiger partial charge in [0.05, 0.1) is 17.8 Å². The van der Waals surface area contributed by atoms with E-state index < -0.39 is 0 Å². The fourth-order valence-corrected chi connectivity index (χ4v) is 2.46. The van der Waals surface area contributed by atoms with Gasteiger partial charge in [-0.25, -0.2) is 0 Å². The summed E-state index contributed by atoms with van der Waals surface area (Å²) in [4.78, 5) is 4.44. The third-order valence-corrected chi connectivity index (χ3v) is 3.65. The summed E-state index contributed by atoms with van der Waals surface area (Å²) < 4.78 is 0. The molecule has 0 amide bonds. The summed E-state index contributed by atoms with van der Waals surface area (Å²) in [5.41, 5.74) is 3.51. The predicted molar refractivity (Wildman–Crippen MR) is 98.1 cm³/mol. The number of hydrogen-bond acceptors (Lipinski definition) is 6. The lowest BCUT2D eigenvalue weighted by atomic mass is 10.0. The molecule has 0 aliphatic heterocycles. The summed E-state index contributed by atoms with van der Waals surface area (Å²) >= 11 is 0. The molecule has 0 saturated carbocycles. The van der Waals surface area contributed by atoms with Crippen molar-refractivity contribution in [3.63, 3.8) is 0 Å². The fourth-order valence-electron chi connectivity index (χ4n) is 2.46. The summed E-state index contributed by atoms with van der Waals surface area (Å²) in [5.74, 6) is 1.36. The second-order valence-electron chi connectivity index (χ2n) is 5.85. The molecule has 0 atom stereocenters. The molecule has 124 valence electrons. The Balaban J connectivity index is 1.81. The normalized spacial score (nSPS) is 10.3. The molecule has 0 fully saturated rings. The van der Waals surface area contributed by atoms with Gasteiger partial charge in [-0.15, -0.1) is 5.10 Å². The van der Waals surface area contributed by atoms with E-state index in [-0.39, 0.29) is 0 Å². The minimum Gasteiger partial charge on any atom is -0.339 e.